The molecule has 2 aromatic rings. The molecule has 0 saturated carbocycles. The number of halogens is 1. The molecule has 4 heteroatoms. The Morgan fingerprint density at radius 1 is 1.08 bits per heavy atom. The van der Waals surface area contributed by atoms with E-state index in [4.69, 9.17) is 11.6 Å². The molecule has 1 amide bonds. The fraction of sp³-hybridized carbons (Fsp3) is 0.381. The number of carbonyl (C=O) groups is 1. The first kappa shape index (κ1) is 17.0. The number of anilines is 1. The summed E-state index contributed by atoms with van der Waals surface area (Å²) in [5.74, 6) is 0.730. The van der Waals surface area contributed by atoms with Gasteiger partial charge in [-0.1, -0.05) is 23.7 Å². The monoisotopic (exact) mass is 371 g/mol. The molecular weight excluding hydrogens is 350 g/mol. The van der Waals surface area contributed by atoms with Crippen LogP contribution < -0.4 is 4.90 Å². The first-order valence-corrected chi connectivity index (χ1v) is 10.2. The Kier molecular flexibility index (Phi) is 4.33. The van der Waals surface area contributed by atoms with Gasteiger partial charge in [0.2, 0.25) is 5.91 Å². The quantitative estimate of drug-likeness (QED) is 0.648. The fourth-order valence-corrected chi connectivity index (χ4v) is 5.69. The predicted octanol–water partition coefficient (Wildman–Crippen LogP) is 5.62. The second kappa shape index (κ2) is 6.37. The topological polar surface area (TPSA) is 20.3 Å². The summed E-state index contributed by atoms with van der Waals surface area (Å²) in [5, 5.41) is 0.699. The van der Waals surface area contributed by atoms with Crippen molar-refractivity contribution in [2.24, 2.45) is 0 Å². The molecular formula is C21H22ClNOS. The van der Waals surface area contributed by atoms with Gasteiger partial charge in [0.15, 0.2) is 0 Å². The van der Waals surface area contributed by atoms with Crippen LogP contribution in [-0.4, -0.2) is 11.7 Å². The van der Waals surface area contributed by atoms with Gasteiger partial charge in [-0.15, -0.1) is 11.8 Å². The largest absolute Gasteiger partial charge is 0.292 e. The Balaban J connectivity index is 1.91. The smallest absolute Gasteiger partial charge is 0.238 e. The summed E-state index contributed by atoms with van der Waals surface area (Å²) in [6.45, 7) is 4.35. The molecule has 2 aromatic carbocycles. The first-order chi connectivity index (χ1) is 12.0. The molecule has 0 N–H and O–H groups in total. The average Bonchev–Trinajstić information content (AvgIpc) is 2.82. The number of hydrogen-bond donors (Lipinski definition) is 0. The lowest BCUT2D eigenvalue weighted by molar-refractivity contribution is -0.116. The SMILES string of the molecule is Cc1cc2c(cc1C)C1(CCCC2)SCC(=O)N1c1ccc(Cl)cc1. The van der Waals surface area contributed by atoms with E-state index >= 15 is 0 Å². The Hall–Kier alpha value is -1.45. The number of aryl methyl sites for hydroxylation is 3. The second-order valence-electron chi connectivity index (χ2n) is 7.08. The maximum absolute atomic E-state index is 12.9. The molecule has 4 rings (SSSR count). The summed E-state index contributed by atoms with van der Waals surface area (Å²) < 4.78 is 0. The number of carbonyl (C=O) groups excluding carboxylic acids is 1. The molecule has 1 fully saturated rings. The van der Waals surface area contributed by atoms with Crippen LogP contribution in [0.3, 0.4) is 0 Å². The van der Waals surface area contributed by atoms with Crippen LogP contribution in [0.5, 0.6) is 0 Å². The summed E-state index contributed by atoms with van der Waals surface area (Å²) in [6, 6.07) is 12.3. The van der Waals surface area contributed by atoms with Crippen molar-refractivity contribution in [2.45, 2.75) is 44.4 Å². The van der Waals surface area contributed by atoms with Gasteiger partial charge < -0.3 is 0 Å². The van der Waals surface area contributed by atoms with E-state index in [0.29, 0.717) is 10.8 Å². The summed E-state index contributed by atoms with van der Waals surface area (Å²) in [4.78, 5) is 14.6. The van der Waals surface area contributed by atoms with Crippen molar-refractivity contribution in [2.75, 3.05) is 10.7 Å². The molecule has 1 aliphatic carbocycles. The number of amides is 1. The van der Waals surface area contributed by atoms with Crippen LogP contribution in [0.4, 0.5) is 5.69 Å². The second-order valence-corrected chi connectivity index (χ2v) is 8.77. The highest BCUT2D eigenvalue weighted by atomic mass is 35.5. The zero-order chi connectivity index (χ0) is 17.6. The van der Waals surface area contributed by atoms with Gasteiger partial charge in [0.25, 0.3) is 0 Å². The van der Waals surface area contributed by atoms with Crippen LogP contribution in [0.2, 0.25) is 5.02 Å². The minimum atomic E-state index is -0.283. The number of rotatable bonds is 1. The lowest BCUT2D eigenvalue weighted by atomic mass is 9.92. The molecule has 1 atom stereocenters. The van der Waals surface area contributed by atoms with E-state index in [1.54, 1.807) is 11.8 Å². The minimum Gasteiger partial charge on any atom is -0.292 e. The van der Waals surface area contributed by atoms with Gasteiger partial charge in [-0.3, -0.25) is 9.69 Å². The normalized spacial score (nSPS) is 23.0. The minimum absolute atomic E-state index is 0.193. The third kappa shape index (κ3) is 2.78. The van der Waals surface area contributed by atoms with Gasteiger partial charge >= 0.3 is 0 Å². The molecule has 25 heavy (non-hydrogen) atoms. The molecule has 2 aliphatic rings. The van der Waals surface area contributed by atoms with Crippen LogP contribution in [0, 0.1) is 13.8 Å². The third-order valence-corrected chi connectivity index (χ3v) is 7.21. The molecule has 1 saturated heterocycles. The van der Waals surface area contributed by atoms with Gasteiger partial charge in [0.1, 0.15) is 4.87 Å². The molecule has 1 spiro atoms. The molecule has 1 aliphatic heterocycles. The number of fused-ring (bicyclic) bond motifs is 2. The van der Waals surface area contributed by atoms with E-state index in [9.17, 15) is 4.79 Å². The van der Waals surface area contributed by atoms with Crippen molar-refractivity contribution in [3.8, 4) is 0 Å². The fourth-order valence-electron chi connectivity index (χ4n) is 4.10. The first-order valence-electron chi connectivity index (χ1n) is 8.84. The standard InChI is InChI=1S/C21H22ClNOS/c1-14-11-16-5-3-4-10-21(19(16)12-15(14)2)23(20(24)13-25-21)18-8-6-17(22)7-9-18/h6-9,11-12H,3-5,10,13H2,1-2H3. The van der Waals surface area contributed by atoms with Gasteiger partial charge in [-0.25, -0.2) is 0 Å². The van der Waals surface area contributed by atoms with Crippen molar-refractivity contribution >= 4 is 35.0 Å². The highest BCUT2D eigenvalue weighted by Gasteiger charge is 2.49. The number of hydrogen-bond acceptors (Lipinski definition) is 2. The summed E-state index contributed by atoms with van der Waals surface area (Å²) in [5.41, 5.74) is 6.32. The van der Waals surface area contributed by atoms with E-state index in [1.807, 2.05) is 29.2 Å². The third-order valence-electron chi connectivity index (χ3n) is 5.48. The molecule has 0 aromatic heterocycles. The average molecular weight is 372 g/mol. The van der Waals surface area contributed by atoms with E-state index in [0.717, 1.165) is 24.9 Å². The van der Waals surface area contributed by atoms with E-state index in [2.05, 4.69) is 26.0 Å². The lowest BCUT2D eigenvalue weighted by Gasteiger charge is -2.39. The Morgan fingerprint density at radius 3 is 2.56 bits per heavy atom. The summed E-state index contributed by atoms with van der Waals surface area (Å²) >= 11 is 7.86. The van der Waals surface area contributed by atoms with E-state index < -0.39 is 0 Å². The van der Waals surface area contributed by atoms with Crippen LogP contribution in [-0.2, 0) is 16.1 Å². The molecule has 1 unspecified atom stereocenters. The zero-order valence-corrected chi connectivity index (χ0v) is 16.2. The van der Waals surface area contributed by atoms with Gasteiger partial charge in [0.05, 0.1) is 5.75 Å². The van der Waals surface area contributed by atoms with Gasteiger partial charge in [-0.05, 0) is 86.1 Å². The van der Waals surface area contributed by atoms with Crippen molar-refractivity contribution in [3.63, 3.8) is 0 Å². The predicted molar refractivity (Wildman–Crippen MR) is 107 cm³/mol. The van der Waals surface area contributed by atoms with Crippen LogP contribution >= 0.6 is 23.4 Å². The molecule has 2 nitrogen and oxygen atoms in total. The van der Waals surface area contributed by atoms with E-state index in [-0.39, 0.29) is 10.8 Å². The number of benzene rings is 2. The number of thioether (sulfide) groups is 1. The Morgan fingerprint density at radius 2 is 1.80 bits per heavy atom. The molecule has 130 valence electrons. The highest BCUT2D eigenvalue weighted by molar-refractivity contribution is 8.01. The zero-order valence-electron chi connectivity index (χ0n) is 14.6. The summed E-state index contributed by atoms with van der Waals surface area (Å²) in [7, 11) is 0. The van der Waals surface area contributed by atoms with Gasteiger partial charge in [-0.2, -0.15) is 0 Å². The van der Waals surface area contributed by atoms with Crippen LogP contribution in [0.25, 0.3) is 0 Å². The lowest BCUT2D eigenvalue weighted by Crippen LogP contribution is -2.42. The van der Waals surface area contributed by atoms with E-state index in [1.165, 1.54) is 28.7 Å². The van der Waals surface area contributed by atoms with Crippen LogP contribution in [0.1, 0.15) is 41.5 Å². The Labute approximate surface area is 158 Å². The molecule has 0 bridgehead atoms. The van der Waals surface area contributed by atoms with Crippen molar-refractivity contribution in [3.05, 3.63) is 63.7 Å². The van der Waals surface area contributed by atoms with Crippen molar-refractivity contribution < 1.29 is 4.79 Å². The molecule has 1 heterocycles. The maximum atomic E-state index is 12.9. The van der Waals surface area contributed by atoms with Crippen LogP contribution in [0.15, 0.2) is 36.4 Å². The summed E-state index contributed by atoms with van der Waals surface area (Å²) in [6.07, 6.45) is 4.42. The van der Waals surface area contributed by atoms with Crippen molar-refractivity contribution in [1.82, 2.24) is 0 Å². The van der Waals surface area contributed by atoms with Crippen molar-refractivity contribution in [1.29, 1.82) is 0 Å². The maximum Gasteiger partial charge on any atom is 0.238 e. The Bertz CT molecular complexity index is 833. The van der Waals surface area contributed by atoms with Gasteiger partial charge in [0, 0.05) is 10.7 Å². The number of nitrogens with zero attached hydrogens (tertiary/aromatic N) is 1. The highest BCUT2D eigenvalue weighted by Crippen LogP contribution is 2.53. The molecule has 0 radical (unpaired) electrons.